The fourth-order valence-electron chi connectivity index (χ4n) is 7.19. The number of rotatable bonds is 5. The average molecular weight is 583 g/mol. The number of nitrogens with one attached hydrogen (secondary N) is 2. The molecule has 3 N–H and O–H groups in total. The summed E-state index contributed by atoms with van der Waals surface area (Å²) < 4.78 is 30.6. The highest BCUT2D eigenvalue weighted by atomic mass is 35.5. The Morgan fingerprint density at radius 2 is 1.93 bits per heavy atom. The van der Waals surface area contributed by atoms with Crippen molar-refractivity contribution in [3.05, 3.63) is 58.6 Å². The van der Waals surface area contributed by atoms with Gasteiger partial charge in [-0.1, -0.05) is 41.9 Å². The number of amides is 3. The zero-order valence-electron chi connectivity index (χ0n) is 22.1. The minimum absolute atomic E-state index is 0.0131. The Hall–Kier alpha value is -3.55. The maximum Gasteiger partial charge on any atom is 0.264 e. The number of alkyl halides is 2. The van der Waals surface area contributed by atoms with E-state index in [1.165, 1.54) is 6.07 Å². The molecule has 2 aromatic carbocycles. The minimum atomic E-state index is -3.22. The van der Waals surface area contributed by atoms with Crippen LogP contribution in [0.5, 0.6) is 0 Å². The standard InChI is InChI=1S/C30H29ClF2N4O4/c31-17-7-9-21-20-5-1-2-6-22(20)30(41,24(21)13-17)28(40)37-19-8-10-23(29(32,33)14-19)25(37)27(39)36-18(15-34)12-16-4-3-11-35-26(16)38/h1-2,5-7,9,13,16,18-19,23,25,41H,3-4,8,10-12,14H2,(H,35,38)(H,36,39)/t16-,18+,19+,23+,25+,30-/m0/s1. The van der Waals surface area contributed by atoms with Crippen molar-refractivity contribution < 1.29 is 28.3 Å². The number of aliphatic hydroxyl groups is 1. The van der Waals surface area contributed by atoms with E-state index < -0.39 is 59.7 Å². The quantitative estimate of drug-likeness (QED) is 0.498. The summed E-state index contributed by atoms with van der Waals surface area (Å²) in [4.78, 5) is 41.6. The normalized spacial score (nSPS) is 30.0. The molecule has 3 amide bonds. The topological polar surface area (TPSA) is 123 Å². The van der Waals surface area contributed by atoms with E-state index in [2.05, 4.69) is 10.6 Å². The fourth-order valence-corrected chi connectivity index (χ4v) is 7.36. The second-order valence-electron chi connectivity index (χ2n) is 11.5. The molecule has 2 aliphatic carbocycles. The highest BCUT2D eigenvalue weighted by Crippen LogP contribution is 2.54. The third kappa shape index (κ3) is 4.37. The summed E-state index contributed by atoms with van der Waals surface area (Å²) in [6, 6.07) is 9.88. The smallest absolute Gasteiger partial charge is 0.264 e. The number of fused-ring (bicyclic) bond motifs is 6. The highest BCUT2D eigenvalue weighted by molar-refractivity contribution is 6.31. The van der Waals surface area contributed by atoms with E-state index >= 15 is 8.78 Å². The number of hydrogen-bond donors (Lipinski definition) is 3. The van der Waals surface area contributed by atoms with Gasteiger partial charge in [0.2, 0.25) is 11.8 Å². The maximum atomic E-state index is 15.3. The molecule has 5 aliphatic rings. The van der Waals surface area contributed by atoms with Gasteiger partial charge >= 0.3 is 0 Å². The number of nitrogens with zero attached hydrogens (tertiary/aromatic N) is 2. The molecule has 2 aromatic rings. The molecule has 0 spiro atoms. The predicted molar refractivity (Wildman–Crippen MR) is 144 cm³/mol. The zero-order chi connectivity index (χ0) is 29.1. The lowest BCUT2D eigenvalue weighted by atomic mass is 9.70. The van der Waals surface area contributed by atoms with Gasteiger partial charge < -0.3 is 20.6 Å². The Morgan fingerprint density at radius 3 is 2.66 bits per heavy atom. The van der Waals surface area contributed by atoms with Gasteiger partial charge in [0, 0.05) is 41.1 Å². The summed E-state index contributed by atoms with van der Waals surface area (Å²) in [6.07, 6.45) is 0.943. The molecule has 1 saturated carbocycles. The fraction of sp³-hybridized carbons (Fsp3) is 0.467. The van der Waals surface area contributed by atoms with Crippen molar-refractivity contribution in [2.24, 2.45) is 11.8 Å². The summed E-state index contributed by atoms with van der Waals surface area (Å²) >= 11 is 6.27. The van der Waals surface area contributed by atoms with Crippen LogP contribution in [0.15, 0.2) is 42.5 Å². The Morgan fingerprint density at radius 1 is 1.17 bits per heavy atom. The lowest BCUT2D eigenvalue weighted by molar-refractivity contribution is -0.201. The first kappa shape index (κ1) is 27.6. The minimum Gasteiger partial charge on any atom is -0.372 e. The Balaban J connectivity index is 1.36. The first-order chi connectivity index (χ1) is 19.6. The molecule has 214 valence electrons. The van der Waals surface area contributed by atoms with Crippen LogP contribution in [0.4, 0.5) is 8.78 Å². The van der Waals surface area contributed by atoms with Crippen LogP contribution in [0.3, 0.4) is 0 Å². The molecular formula is C30H29ClF2N4O4. The molecule has 6 atom stereocenters. The summed E-state index contributed by atoms with van der Waals surface area (Å²) in [5, 5.41) is 27.6. The number of benzene rings is 2. The van der Waals surface area contributed by atoms with E-state index in [4.69, 9.17) is 11.6 Å². The number of nitriles is 1. The Labute approximate surface area is 240 Å². The zero-order valence-corrected chi connectivity index (χ0v) is 22.8. The van der Waals surface area contributed by atoms with Crippen LogP contribution >= 0.6 is 11.6 Å². The monoisotopic (exact) mass is 582 g/mol. The summed E-state index contributed by atoms with van der Waals surface area (Å²) in [5.41, 5.74) is -0.546. The largest absolute Gasteiger partial charge is 0.372 e. The molecule has 0 unspecified atom stereocenters. The van der Waals surface area contributed by atoms with Gasteiger partial charge in [0.1, 0.15) is 12.1 Å². The molecular weight excluding hydrogens is 554 g/mol. The molecule has 11 heteroatoms. The average Bonchev–Trinajstić information content (AvgIpc) is 3.21. The number of carbonyl (C=O) groups is 3. The molecule has 3 heterocycles. The van der Waals surface area contributed by atoms with Gasteiger partial charge in [-0.15, -0.1) is 0 Å². The van der Waals surface area contributed by atoms with E-state index in [1.54, 1.807) is 36.4 Å². The van der Waals surface area contributed by atoms with Gasteiger partial charge in [-0.25, -0.2) is 8.78 Å². The van der Waals surface area contributed by atoms with Crippen molar-refractivity contribution in [1.29, 1.82) is 5.26 Å². The van der Waals surface area contributed by atoms with Crippen LogP contribution in [-0.4, -0.2) is 58.3 Å². The van der Waals surface area contributed by atoms with Crippen LogP contribution < -0.4 is 10.6 Å². The summed E-state index contributed by atoms with van der Waals surface area (Å²) in [5.74, 6) is -7.19. The van der Waals surface area contributed by atoms with E-state index in [-0.39, 0.29) is 41.3 Å². The molecule has 8 nitrogen and oxygen atoms in total. The molecule has 0 radical (unpaired) electrons. The van der Waals surface area contributed by atoms with Gasteiger partial charge in [0.05, 0.1) is 12.0 Å². The number of hydrogen-bond acceptors (Lipinski definition) is 5. The molecule has 7 rings (SSSR count). The summed E-state index contributed by atoms with van der Waals surface area (Å²) in [6.45, 7) is 0.538. The second kappa shape index (κ2) is 10.1. The Bertz CT molecular complexity index is 1480. The maximum absolute atomic E-state index is 15.3. The van der Waals surface area contributed by atoms with E-state index in [1.807, 2.05) is 6.07 Å². The number of piperidine rings is 3. The molecule has 41 heavy (non-hydrogen) atoms. The van der Waals surface area contributed by atoms with E-state index in [9.17, 15) is 24.8 Å². The second-order valence-corrected chi connectivity index (χ2v) is 11.9. The van der Waals surface area contributed by atoms with Crippen molar-refractivity contribution >= 4 is 29.3 Å². The summed E-state index contributed by atoms with van der Waals surface area (Å²) in [7, 11) is 0. The third-order valence-electron chi connectivity index (χ3n) is 9.12. The lowest BCUT2D eigenvalue weighted by Gasteiger charge is -2.54. The van der Waals surface area contributed by atoms with E-state index in [0.29, 0.717) is 24.1 Å². The lowest BCUT2D eigenvalue weighted by Crippen LogP contribution is -2.70. The predicted octanol–water partition coefficient (Wildman–Crippen LogP) is 3.50. The van der Waals surface area contributed by atoms with Crippen molar-refractivity contribution in [3.63, 3.8) is 0 Å². The van der Waals surface area contributed by atoms with Gasteiger partial charge in [-0.3, -0.25) is 14.4 Å². The Kier molecular flexibility index (Phi) is 6.78. The molecule has 4 fully saturated rings. The van der Waals surface area contributed by atoms with E-state index in [0.717, 1.165) is 11.3 Å². The highest BCUT2D eigenvalue weighted by Gasteiger charge is 2.63. The first-order valence-electron chi connectivity index (χ1n) is 13.9. The van der Waals surface area contributed by atoms with Gasteiger partial charge in [-0.05, 0) is 55.4 Å². The molecule has 0 aromatic heterocycles. The molecule has 3 saturated heterocycles. The number of carbonyl (C=O) groups excluding carboxylic acids is 3. The van der Waals surface area contributed by atoms with Gasteiger partial charge in [0.15, 0.2) is 5.60 Å². The van der Waals surface area contributed by atoms with Crippen molar-refractivity contribution in [3.8, 4) is 17.2 Å². The van der Waals surface area contributed by atoms with Gasteiger partial charge in [0.25, 0.3) is 11.8 Å². The van der Waals surface area contributed by atoms with Crippen LogP contribution in [0.25, 0.3) is 11.1 Å². The van der Waals surface area contributed by atoms with Crippen LogP contribution in [0.2, 0.25) is 5.02 Å². The van der Waals surface area contributed by atoms with Crippen LogP contribution in [-0.2, 0) is 20.0 Å². The van der Waals surface area contributed by atoms with Crippen molar-refractivity contribution in [1.82, 2.24) is 15.5 Å². The number of halogens is 3. The van der Waals surface area contributed by atoms with Crippen molar-refractivity contribution in [2.45, 2.75) is 68.2 Å². The van der Waals surface area contributed by atoms with Gasteiger partial charge in [-0.2, -0.15) is 5.26 Å². The van der Waals surface area contributed by atoms with Crippen LogP contribution in [0.1, 0.15) is 49.7 Å². The van der Waals surface area contributed by atoms with Crippen molar-refractivity contribution in [2.75, 3.05) is 6.54 Å². The molecule has 3 aliphatic heterocycles. The third-order valence-corrected chi connectivity index (χ3v) is 9.35. The van der Waals surface area contributed by atoms with Crippen LogP contribution in [0, 0.1) is 23.2 Å². The SMILES string of the molecule is N#C[C@@H](C[C@@H]1CCCNC1=O)NC(=O)[C@H]1[C@H]2CC[C@H](CC2(F)F)N1C(=O)[C@]1(O)c2ccccc2-c2ccc(Cl)cc21. The first-order valence-corrected chi connectivity index (χ1v) is 14.2. The molecule has 2 bridgehead atoms.